The van der Waals surface area contributed by atoms with Crippen molar-refractivity contribution in [2.45, 2.75) is 0 Å². The summed E-state index contributed by atoms with van der Waals surface area (Å²) in [5, 5.41) is 47.8. The molecule has 12 aromatic carbocycles. The molecule has 332 valence electrons. The third kappa shape index (κ3) is 7.93. The van der Waals surface area contributed by atoms with Gasteiger partial charge in [-0.15, -0.1) is 0 Å². The molecule has 4 heteroatoms. The molecule has 0 amide bonds. The molecule has 12 aromatic rings. The molecule has 0 bridgehead atoms. The highest BCUT2D eigenvalue weighted by Gasteiger charge is 2.19. The Hall–Kier alpha value is -9.38. The zero-order chi connectivity index (χ0) is 47.3. The molecule has 0 atom stereocenters. The Morgan fingerprint density at radius 3 is 0.700 bits per heavy atom. The molecule has 0 unspecified atom stereocenters. The van der Waals surface area contributed by atoms with Crippen LogP contribution in [0.3, 0.4) is 0 Å². The van der Waals surface area contributed by atoms with Gasteiger partial charge in [-0.3, -0.25) is 0 Å². The molecule has 0 aliphatic carbocycles. The van der Waals surface area contributed by atoms with Crippen LogP contribution in [0.25, 0.3) is 121 Å². The number of phenols is 4. The van der Waals surface area contributed by atoms with E-state index < -0.39 is 0 Å². The van der Waals surface area contributed by atoms with Gasteiger partial charge in [0, 0.05) is 0 Å². The summed E-state index contributed by atoms with van der Waals surface area (Å²) in [5.74, 6) is 0.827. The Bertz CT molecular complexity index is 3530. The highest BCUT2D eigenvalue weighted by Crippen LogP contribution is 2.46. The van der Waals surface area contributed by atoms with Crippen LogP contribution in [0.5, 0.6) is 23.0 Å². The quantitative estimate of drug-likeness (QED) is 0.115. The minimum absolute atomic E-state index is 0.207. The van der Waals surface area contributed by atoms with E-state index in [4.69, 9.17) is 0 Å². The largest absolute Gasteiger partial charge is 0.508 e. The molecule has 0 fully saturated rings. The summed E-state index contributed by atoms with van der Waals surface area (Å²) in [7, 11) is 0. The molecule has 4 N–H and O–H groups in total. The van der Waals surface area contributed by atoms with Crippen LogP contribution in [-0.4, -0.2) is 20.4 Å². The van der Waals surface area contributed by atoms with E-state index in [2.05, 4.69) is 133 Å². The topological polar surface area (TPSA) is 80.9 Å². The average Bonchev–Trinajstić information content (AvgIpc) is 3.41. The lowest BCUT2D eigenvalue weighted by Gasteiger charge is -2.19. The SMILES string of the molecule is Oc1ccc(-c2cc(-c3ccc(O)cc3)cc(-c3cc4c5cc(-c6ccccc6)ccc5c(-c5cc(-c6ccc(O)cc6)cc(-c6ccc(O)cc6)c5)cc4c4cc(-c5ccccc5)ccc34)c2)cc1. The summed E-state index contributed by atoms with van der Waals surface area (Å²) < 4.78 is 0. The third-order valence-corrected chi connectivity index (χ3v) is 13.6. The lowest BCUT2D eigenvalue weighted by Crippen LogP contribution is -1.93. The molecular formula is C66H44O4. The number of fused-ring (bicyclic) bond motifs is 5. The molecular weight excluding hydrogens is 857 g/mol. The van der Waals surface area contributed by atoms with E-state index in [1.807, 2.05) is 60.7 Å². The van der Waals surface area contributed by atoms with E-state index in [0.29, 0.717) is 0 Å². The Morgan fingerprint density at radius 2 is 0.400 bits per heavy atom. The van der Waals surface area contributed by atoms with Crippen LogP contribution >= 0.6 is 0 Å². The molecule has 0 spiro atoms. The number of benzene rings is 12. The van der Waals surface area contributed by atoms with Crippen molar-refractivity contribution in [2.24, 2.45) is 0 Å². The van der Waals surface area contributed by atoms with Crippen molar-refractivity contribution >= 4 is 32.3 Å². The van der Waals surface area contributed by atoms with Gasteiger partial charge < -0.3 is 20.4 Å². The molecule has 0 saturated heterocycles. The van der Waals surface area contributed by atoms with Crippen molar-refractivity contribution in [2.75, 3.05) is 0 Å². The first-order chi connectivity index (χ1) is 34.3. The van der Waals surface area contributed by atoms with Gasteiger partial charge in [0.15, 0.2) is 0 Å². The second-order valence-electron chi connectivity index (χ2n) is 18.0. The van der Waals surface area contributed by atoms with Crippen LogP contribution in [0.4, 0.5) is 0 Å². The minimum Gasteiger partial charge on any atom is -0.508 e. The van der Waals surface area contributed by atoms with E-state index in [9.17, 15) is 20.4 Å². The van der Waals surface area contributed by atoms with Crippen molar-refractivity contribution in [3.8, 4) is 112 Å². The number of aromatic hydroxyl groups is 4. The van der Waals surface area contributed by atoms with E-state index in [-0.39, 0.29) is 23.0 Å². The van der Waals surface area contributed by atoms with Crippen molar-refractivity contribution in [1.29, 1.82) is 0 Å². The maximum Gasteiger partial charge on any atom is 0.115 e. The number of phenolic OH excluding ortho intramolecular Hbond substituents is 4. The Kier molecular flexibility index (Phi) is 10.4. The fourth-order valence-corrected chi connectivity index (χ4v) is 10.00. The Balaban J connectivity index is 1.19. The first-order valence-corrected chi connectivity index (χ1v) is 23.3. The van der Waals surface area contributed by atoms with Gasteiger partial charge in [0.25, 0.3) is 0 Å². The van der Waals surface area contributed by atoms with Crippen LogP contribution in [0.1, 0.15) is 0 Å². The number of hydrogen-bond acceptors (Lipinski definition) is 4. The fourth-order valence-electron chi connectivity index (χ4n) is 10.00. The Labute approximate surface area is 405 Å². The zero-order valence-corrected chi connectivity index (χ0v) is 37.9. The first-order valence-electron chi connectivity index (χ1n) is 23.3. The van der Waals surface area contributed by atoms with Crippen molar-refractivity contribution in [3.05, 3.63) is 243 Å². The molecule has 70 heavy (non-hydrogen) atoms. The van der Waals surface area contributed by atoms with Crippen molar-refractivity contribution in [1.82, 2.24) is 0 Å². The summed E-state index contributed by atoms with van der Waals surface area (Å²) in [6.07, 6.45) is 0. The van der Waals surface area contributed by atoms with Gasteiger partial charge in [0.2, 0.25) is 0 Å². The molecule has 0 heterocycles. The van der Waals surface area contributed by atoms with Gasteiger partial charge in [-0.1, -0.05) is 133 Å². The van der Waals surface area contributed by atoms with Gasteiger partial charge in [-0.05, 0) is 231 Å². The summed E-state index contributed by atoms with van der Waals surface area (Å²) >= 11 is 0. The van der Waals surface area contributed by atoms with Gasteiger partial charge >= 0.3 is 0 Å². The minimum atomic E-state index is 0.207. The third-order valence-electron chi connectivity index (χ3n) is 13.6. The summed E-state index contributed by atoms with van der Waals surface area (Å²) in [5.41, 5.74) is 16.6. The smallest absolute Gasteiger partial charge is 0.115 e. The maximum absolute atomic E-state index is 10.3. The number of rotatable bonds is 8. The van der Waals surface area contributed by atoms with E-state index >= 15 is 0 Å². The van der Waals surface area contributed by atoms with Crippen LogP contribution < -0.4 is 0 Å². The van der Waals surface area contributed by atoms with Gasteiger partial charge in [0.1, 0.15) is 23.0 Å². The van der Waals surface area contributed by atoms with Crippen LogP contribution in [0, 0.1) is 0 Å². The fraction of sp³-hybridized carbons (Fsp3) is 0. The van der Waals surface area contributed by atoms with Crippen molar-refractivity contribution in [3.63, 3.8) is 0 Å². The first kappa shape index (κ1) is 42.0. The highest BCUT2D eigenvalue weighted by atomic mass is 16.3. The summed E-state index contributed by atoms with van der Waals surface area (Å²) in [4.78, 5) is 0. The number of hydrogen-bond donors (Lipinski definition) is 4. The highest BCUT2D eigenvalue weighted by molar-refractivity contribution is 6.25. The monoisotopic (exact) mass is 900 g/mol. The molecule has 0 saturated carbocycles. The summed E-state index contributed by atoms with van der Waals surface area (Å²) in [6.45, 7) is 0. The molecule has 4 nitrogen and oxygen atoms in total. The van der Waals surface area contributed by atoms with E-state index in [1.54, 1.807) is 48.5 Å². The zero-order valence-electron chi connectivity index (χ0n) is 37.9. The standard InChI is InChI=1S/C66H44O4/c67-55-21-11-43(12-22-55)49-31-50(44-13-23-56(68)24-14-44)34-53(33-49)61-40-66-64-38-48(42-9-5-2-6-10-42)20-30-60(64)62(39-65(66)63-37-47(19-29-59(61)63)41-7-3-1-4-8-41)54-35-51(45-15-25-57(69)26-16-45)32-52(36-54)46-17-27-58(70)28-18-46/h1-40,67-70H. The molecule has 0 radical (unpaired) electrons. The summed E-state index contributed by atoms with van der Waals surface area (Å²) in [6, 6.07) is 82.1. The van der Waals surface area contributed by atoms with Gasteiger partial charge in [-0.2, -0.15) is 0 Å². The van der Waals surface area contributed by atoms with Crippen LogP contribution in [0.15, 0.2) is 243 Å². The average molecular weight is 901 g/mol. The van der Waals surface area contributed by atoms with Crippen LogP contribution in [-0.2, 0) is 0 Å². The van der Waals surface area contributed by atoms with Crippen LogP contribution in [0.2, 0.25) is 0 Å². The molecule has 0 aromatic heterocycles. The molecule has 0 aliphatic rings. The predicted molar refractivity (Wildman–Crippen MR) is 289 cm³/mol. The lowest BCUT2D eigenvalue weighted by atomic mass is 9.84. The second kappa shape index (κ2) is 17.4. The lowest BCUT2D eigenvalue weighted by molar-refractivity contribution is 0.475. The normalized spacial score (nSPS) is 11.4. The van der Waals surface area contributed by atoms with Gasteiger partial charge in [0.05, 0.1) is 0 Å². The van der Waals surface area contributed by atoms with Gasteiger partial charge in [-0.25, -0.2) is 0 Å². The van der Waals surface area contributed by atoms with E-state index in [1.165, 1.54) is 0 Å². The molecule has 12 rings (SSSR count). The predicted octanol–water partition coefficient (Wildman–Crippen LogP) is 17.3. The maximum atomic E-state index is 10.3. The Morgan fingerprint density at radius 1 is 0.157 bits per heavy atom. The molecule has 0 aliphatic heterocycles. The van der Waals surface area contributed by atoms with Crippen molar-refractivity contribution < 1.29 is 20.4 Å². The second-order valence-corrected chi connectivity index (χ2v) is 18.0. The van der Waals surface area contributed by atoms with E-state index in [0.717, 1.165) is 121 Å².